The number of fused-ring (bicyclic) bond motifs is 1. The minimum Gasteiger partial charge on any atom is -0.491 e. The van der Waals surface area contributed by atoms with Gasteiger partial charge in [0.2, 0.25) is 0 Å². The third-order valence-electron chi connectivity index (χ3n) is 4.73. The first-order valence-electron chi connectivity index (χ1n) is 10.2. The molecule has 0 radical (unpaired) electrons. The first kappa shape index (κ1) is 20.8. The highest BCUT2D eigenvalue weighted by molar-refractivity contribution is 5.78. The molecule has 6 heteroatoms. The number of nitrogens with one attached hydrogen (secondary N) is 1. The summed E-state index contributed by atoms with van der Waals surface area (Å²) in [6.07, 6.45) is 1.79. The smallest absolute Gasteiger partial charge is 0.193 e. The minimum atomic E-state index is -0.0520. The van der Waals surface area contributed by atoms with Crippen molar-refractivity contribution in [3.63, 3.8) is 0 Å². The van der Waals surface area contributed by atoms with E-state index in [4.69, 9.17) is 13.9 Å². The SMILES string of the molecule is O=c1cc(-c2ccc(OCCOCCNCc3ccccn3)cc2)oc2ccccc12. The summed E-state index contributed by atoms with van der Waals surface area (Å²) in [4.78, 5) is 16.5. The average Bonchev–Trinajstić information content (AvgIpc) is 2.82. The molecule has 158 valence electrons. The summed E-state index contributed by atoms with van der Waals surface area (Å²) < 4.78 is 17.2. The number of ether oxygens (including phenoxy) is 2. The van der Waals surface area contributed by atoms with E-state index >= 15 is 0 Å². The van der Waals surface area contributed by atoms with Crippen LogP contribution in [0.5, 0.6) is 5.75 Å². The highest BCUT2D eigenvalue weighted by Crippen LogP contribution is 2.24. The summed E-state index contributed by atoms with van der Waals surface area (Å²) in [6.45, 7) is 3.06. The second-order valence-electron chi connectivity index (χ2n) is 6.95. The monoisotopic (exact) mass is 416 g/mol. The van der Waals surface area contributed by atoms with Gasteiger partial charge < -0.3 is 19.2 Å². The van der Waals surface area contributed by atoms with E-state index < -0.39 is 0 Å². The summed E-state index contributed by atoms with van der Waals surface area (Å²) in [5.74, 6) is 1.28. The molecular formula is C25H24N2O4. The van der Waals surface area contributed by atoms with Gasteiger partial charge in [-0.1, -0.05) is 18.2 Å². The minimum absolute atomic E-state index is 0.0520. The van der Waals surface area contributed by atoms with Crippen molar-refractivity contribution in [2.45, 2.75) is 6.54 Å². The van der Waals surface area contributed by atoms with Crippen LogP contribution in [-0.2, 0) is 11.3 Å². The zero-order chi connectivity index (χ0) is 21.3. The molecule has 0 atom stereocenters. The quantitative estimate of drug-likeness (QED) is 0.393. The van der Waals surface area contributed by atoms with Gasteiger partial charge in [0.15, 0.2) is 5.43 Å². The predicted octanol–water partition coefficient (Wildman–Crippen LogP) is 4.04. The summed E-state index contributed by atoms with van der Waals surface area (Å²) in [6, 6.07) is 22.1. The summed E-state index contributed by atoms with van der Waals surface area (Å²) in [7, 11) is 0. The zero-order valence-corrected chi connectivity index (χ0v) is 17.1. The molecule has 0 aliphatic rings. The fraction of sp³-hybridized carbons (Fsp3) is 0.200. The number of hydrogen-bond donors (Lipinski definition) is 1. The molecule has 0 aliphatic carbocycles. The maximum Gasteiger partial charge on any atom is 0.193 e. The lowest BCUT2D eigenvalue weighted by molar-refractivity contribution is 0.102. The van der Waals surface area contributed by atoms with E-state index in [1.54, 1.807) is 18.3 Å². The lowest BCUT2D eigenvalue weighted by Gasteiger charge is -2.09. The molecule has 0 bridgehead atoms. The topological polar surface area (TPSA) is 73.6 Å². The van der Waals surface area contributed by atoms with E-state index in [-0.39, 0.29) is 5.43 Å². The zero-order valence-electron chi connectivity index (χ0n) is 17.1. The Hall–Kier alpha value is -3.48. The average molecular weight is 416 g/mol. The number of para-hydroxylation sites is 1. The Bertz CT molecular complexity index is 1160. The molecule has 0 saturated heterocycles. The second kappa shape index (κ2) is 10.5. The lowest BCUT2D eigenvalue weighted by atomic mass is 10.1. The summed E-state index contributed by atoms with van der Waals surface area (Å²) in [5, 5.41) is 3.87. The predicted molar refractivity (Wildman–Crippen MR) is 120 cm³/mol. The lowest BCUT2D eigenvalue weighted by Crippen LogP contribution is -2.21. The summed E-state index contributed by atoms with van der Waals surface area (Å²) in [5.41, 5.74) is 2.36. The van der Waals surface area contributed by atoms with Crippen LogP contribution >= 0.6 is 0 Å². The molecule has 1 N–H and O–H groups in total. The van der Waals surface area contributed by atoms with Crippen molar-refractivity contribution in [2.24, 2.45) is 0 Å². The van der Waals surface area contributed by atoms with Gasteiger partial charge in [-0.15, -0.1) is 0 Å². The van der Waals surface area contributed by atoms with Crippen molar-refractivity contribution in [3.05, 3.63) is 94.9 Å². The van der Waals surface area contributed by atoms with Crippen molar-refractivity contribution in [2.75, 3.05) is 26.4 Å². The number of hydrogen-bond acceptors (Lipinski definition) is 6. The fourth-order valence-electron chi connectivity index (χ4n) is 3.15. The molecule has 0 saturated carbocycles. The largest absolute Gasteiger partial charge is 0.491 e. The first-order valence-corrected chi connectivity index (χ1v) is 10.2. The Labute approximate surface area is 180 Å². The maximum atomic E-state index is 12.3. The standard InChI is InChI=1S/C25H24N2O4/c28-23-17-25(31-24-7-2-1-6-22(23)24)19-8-10-21(11-9-19)30-16-15-29-14-13-26-18-20-5-3-4-12-27-20/h1-12,17,26H,13-16,18H2. The van der Waals surface area contributed by atoms with Gasteiger partial charge in [-0.05, 0) is 48.5 Å². The molecule has 2 aromatic heterocycles. The highest BCUT2D eigenvalue weighted by Gasteiger charge is 2.06. The Balaban J connectivity index is 1.19. The molecule has 2 heterocycles. The van der Waals surface area contributed by atoms with Crippen molar-refractivity contribution >= 4 is 11.0 Å². The normalized spacial score (nSPS) is 11.0. The maximum absolute atomic E-state index is 12.3. The van der Waals surface area contributed by atoms with Crippen LogP contribution in [0.2, 0.25) is 0 Å². The molecule has 0 aliphatic heterocycles. The van der Waals surface area contributed by atoms with Crippen LogP contribution in [0.1, 0.15) is 5.69 Å². The van der Waals surface area contributed by atoms with E-state index in [9.17, 15) is 4.79 Å². The van der Waals surface area contributed by atoms with Gasteiger partial charge in [-0.2, -0.15) is 0 Å². The van der Waals surface area contributed by atoms with Gasteiger partial charge in [-0.25, -0.2) is 0 Å². The Morgan fingerprint density at radius 3 is 2.58 bits per heavy atom. The fourth-order valence-corrected chi connectivity index (χ4v) is 3.15. The van der Waals surface area contributed by atoms with E-state index in [1.165, 1.54) is 6.07 Å². The molecule has 4 rings (SSSR count). The van der Waals surface area contributed by atoms with Crippen LogP contribution in [0, 0.1) is 0 Å². The molecule has 0 spiro atoms. The molecule has 31 heavy (non-hydrogen) atoms. The van der Waals surface area contributed by atoms with Gasteiger partial charge in [0, 0.05) is 30.9 Å². The Kier molecular flexibility index (Phi) is 7.05. The van der Waals surface area contributed by atoms with E-state index in [1.807, 2.05) is 54.6 Å². The molecule has 2 aromatic carbocycles. The van der Waals surface area contributed by atoms with Crippen LogP contribution in [0.3, 0.4) is 0 Å². The molecule has 0 unspecified atom stereocenters. The number of rotatable bonds is 10. The third-order valence-corrected chi connectivity index (χ3v) is 4.73. The van der Waals surface area contributed by atoms with Crippen LogP contribution in [-0.4, -0.2) is 31.3 Å². The van der Waals surface area contributed by atoms with Gasteiger partial charge in [0.1, 0.15) is 23.7 Å². The Morgan fingerprint density at radius 1 is 0.903 bits per heavy atom. The number of aromatic nitrogens is 1. The van der Waals surface area contributed by atoms with Crippen LogP contribution < -0.4 is 15.5 Å². The number of benzene rings is 2. The van der Waals surface area contributed by atoms with Crippen molar-refractivity contribution < 1.29 is 13.9 Å². The van der Waals surface area contributed by atoms with Crippen LogP contribution in [0.15, 0.2) is 88.2 Å². The highest BCUT2D eigenvalue weighted by atomic mass is 16.5. The first-order chi connectivity index (χ1) is 15.3. The van der Waals surface area contributed by atoms with Gasteiger partial charge in [-0.3, -0.25) is 9.78 Å². The molecule has 6 nitrogen and oxygen atoms in total. The summed E-state index contributed by atoms with van der Waals surface area (Å²) >= 11 is 0. The van der Waals surface area contributed by atoms with Gasteiger partial charge in [0.25, 0.3) is 0 Å². The third kappa shape index (κ3) is 5.78. The molecule has 0 amide bonds. The van der Waals surface area contributed by atoms with Crippen LogP contribution in [0.25, 0.3) is 22.3 Å². The molecular weight excluding hydrogens is 392 g/mol. The molecule has 0 fully saturated rings. The van der Waals surface area contributed by atoms with E-state index in [0.29, 0.717) is 36.6 Å². The van der Waals surface area contributed by atoms with Crippen LogP contribution in [0.4, 0.5) is 0 Å². The van der Waals surface area contributed by atoms with Gasteiger partial charge >= 0.3 is 0 Å². The molecule has 4 aromatic rings. The van der Waals surface area contributed by atoms with Crippen molar-refractivity contribution in [1.82, 2.24) is 10.3 Å². The Morgan fingerprint density at radius 2 is 1.74 bits per heavy atom. The van der Waals surface area contributed by atoms with Crippen molar-refractivity contribution in [1.29, 1.82) is 0 Å². The number of nitrogens with zero attached hydrogens (tertiary/aromatic N) is 1. The van der Waals surface area contributed by atoms with E-state index in [0.717, 1.165) is 30.1 Å². The van der Waals surface area contributed by atoms with Gasteiger partial charge in [0.05, 0.1) is 24.3 Å². The number of pyridine rings is 1. The van der Waals surface area contributed by atoms with E-state index in [2.05, 4.69) is 10.3 Å². The second-order valence-corrected chi connectivity index (χ2v) is 6.95. The van der Waals surface area contributed by atoms with Crippen molar-refractivity contribution in [3.8, 4) is 17.1 Å².